The lowest BCUT2D eigenvalue weighted by atomic mass is 9.83. The summed E-state index contributed by atoms with van der Waals surface area (Å²) in [6.45, 7) is 6.87. The molecule has 0 spiro atoms. The van der Waals surface area contributed by atoms with Crippen molar-refractivity contribution in [1.29, 1.82) is 0 Å². The zero-order valence-electron chi connectivity index (χ0n) is 21.9. The Kier molecular flexibility index (Phi) is 7.59. The fraction of sp³-hybridized carbons (Fsp3) is 0.345. The molecule has 0 saturated carbocycles. The minimum atomic E-state index is -0.926. The number of carbonyl (C=O) groups is 2. The van der Waals surface area contributed by atoms with Crippen molar-refractivity contribution in [2.24, 2.45) is 0 Å². The van der Waals surface area contributed by atoms with Crippen LogP contribution in [0.1, 0.15) is 83.1 Å². The quantitative estimate of drug-likeness (QED) is 0.282. The van der Waals surface area contributed by atoms with Crippen LogP contribution in [0.4, 0.5) is 0 Å². The molecule has 0 bridgehead atoms. The normalized spacial score (nSPS) is 15.3. The summed E-state index contributed by atoms with van der Waals surface area (Å²) < 4.78 is 16.6. The Bertz CT molecular complexity index is 1380. The molecule has 1 aliphatic rings. The molecule has 0 unspecified atom stereocenters. The summed E-state index contributed by atoms with van der Waals surface area (Å²) in [5.74, 6) is -2.15. The number of pyridine rings is 1. The first-order valence-corrected chi connectivity index (χ1v) is 12.2. The molecule has 0 radical (unpaired) electrons. The van der Waals surface area contributed by atoms with Gasteiger partial charge in [-0.25, -0.2) is 0 Å². The maximum Gasteiger partial charge on any atom is 0.306 e. The van der Waals surface area contributed by atoms with Crippen LogP contribution in [0.5, 0.6) is 23.0 Å². The van der Waals surface area contributed by atoms with Crippen LogP contribution in [0.15, 0.2) is 36.5 Å². The van der Waals surface area contributed by atoms with Crippen LogP contribution in [-0.4, -0.2) is 45.3 Å². The number of benzene rings is 2. The molecule has 2 heterocycles. The number of phenols is 2. The molecule has 1 aromatic heterocycles. The van der Waals surface area contributed by atoms with Gasteiger partial charge in [-0.05, 0) is 51.5 Å². The standard InChI is InChI=1S/C29H31NO8/c1-14(2)38-19-8-6-17(7-9-19)21(11-23(32)36-5)25-27(34)20(16(4)31)10-22(28(25)35)29-24-18(13-37-29)12-30-15(3)26(24)33/h6-10,12,14,21,29,33-35H,11,13H2,1-5H3/t21-,29+/m0/s1. The van der Waals surface area contributed by atoms with E-state index in [-0.39, 0.29) is 47.3 Å². The summed E-state index contributed by atoms with van der Waals surface area (Å²) >= 11 is 0. The van der Waals surface area contributed by atoms with Crippen molar-refractivity contribution < 1.29 is 39.1 Å². The van der Waals surface area contributed by atoms with Gasteiger partial charge in [0, 0.05) is 34.4 Å². The number of ketones is 1. The highest BCUT2D eigenvalue weighted by molar-refractivity contribution is 5.98. The molecule has 0 amide bonds. The van der Waals surface area contributed by atoms with Crippen LogP contribution >= 0.6 is 0 Å². The second-order valence-electron chi connectivity index (χ2n) is 9.57. The number of aromatic hydroxyl groups is 3. The smallest absolute Gasteiger partial charge is 0.306 e. The fourth-order valence-corrected chi connectivity index (χ4v) is 4.75. The molecule has 0 saturated heterocycles. The van der Waals surface area contributed by atoms with Gasteiger partial charge in [-0.15, -0.1) is 0 Å². The van der Waals surface area contributed by atoms with E-state index >= 15 is 0 Å². The largest absolute Gasteiger partial charge is 0.507 e. The lowest BCUT2D eigenvalue weighted by molar-refractivity contribution is -0.140. The predicted octanol–water partition coefficient (Wildman–Crippen LogP) is 4.81. The highest BCUT2D eigenvalue weighted by Gasteiger charge is 2.36. The average molecular weight is 522 g/mol. The summed E-state index contributed by atoms with van der Waals surface area (Å²) in [7, 11) is 1.25. The Morgan fingerprint density at radius 2 is 1.79 bits per heavy atom. The molecule has 3 N–H and O–H groups in total. The summed E-state index contributed by atoms with van der Waals surface area (Å²) in [5, 5.41) is 33.6. The summed E-state index contributed by atoms with van der Waals surface area (Å²) in [6, 6.07) is 8.28. The summed E-state index contributed by atoms with van der Waals surface area (Å²) in [6.07, 6.45) is 0.401. The van der Waals surface area contributed by atoms with E-state index in [0.717, 1.165) is 0 Å². The molecule has 200 valence electrons. The Balaban J connectivity index is 1.93. The van der Waals surface area contributed by atoms with Crippen molar-refractivity contribution in [3.05, 3.63) is 75.6 Å². The van der Waals surface area contributed by atoms with Gasteiger partial charge < -0.3 is 29.5 Å². The first kappa shape index (κ1) is 26.9. The van der Waals surface area contributed by atoms with Gasteiger partial charge in [-0.3, -0.25) is 14.6 Å². The number of fused-ring (bicyclic) bond motifs is 1. The first-order chi connectivity index (χ1) is 18.0. The van der Waals surface area contributed by atoms with E-state index in [0.29, 0.717) is 28.1 Å². The van der Waals surface area contributed by atoms with Crippen molar-refractivity contribution in [1.82, 2.24) is 4.98 Å². The number of Topliss-reactive ketones (excluding diaryl/α,β-unsaturated/α-hetero) is 1. The highest BCUT2D eigenvalue weighted by Crippen LogP contribution is 2.50. The lowest BCUT2D eigenvalue weighted by Crippen LogP contribution is -2.14. The van der Waals surface area contributed by atoms with Gasteiger partial charge in [0.05, 0.1) is 37.5 Å². The minimum absolute atomic E-state index is 0.0158. The van der Waals surface area contributed by atoms with E-state index in [4.69, 9.17) is 14.2 Å². The molecule has 0 aliphatic carbocycles. The van der Waals surface area contributed by atoms with E-state index in [1.807, 2.05) is 13.8 Å². The van der Waals surface area contributed by atoms with Gasteiger partial charge in [0.15, 0.2) is 5.78 Å². The van der Waals surface area contributed by atoms with Crippen LogP contribution in [0.3, 0.4) is 0 Å². The Labute approximate surface area is 220 Å². The SMILES string of the molecule is COC(=O)C[C@@H](c1ccc(OC(C)C)cc1)c1c(O)c(C(C)=O)cc([C@H]2OCc3cnc(C)c(O)c32)c1O. The topological polar surface area (TPSA) is 135 Å². The number of rotatable bonds is 8. The highest BCUT2D eigenvalue weighted by atomic mass is 16.5. The molecule has 38 heavy (non-hydrogen) atoms. The van der Waals surface area contributed by atoms with E-state index in [9.17, 15) is 24.9 Å². The molecule has 0 fully saturated rings. The molecule has 2 atom stereocenters. The molecule has 9 nitrogen and oxygen atoms in total. The lowest BCUT2D eigenvalue weighted by Gasteiger charge is -2.25. The van der Waals surface area contributed by atoms with Crippen molar-refractivity contribution >= 4 is 11.8 Å². The number of hydrogen-bond acceptors (Lipinski definition) is 9. The molecular formula is C29H31NO8. The third-order valence-corrected chi connectivity index (χ3v) is 6.63. The number of carbonyl (C=O) groups excluding carboxylic acids is 2. The number of phenolic OH excluding ortho intramolecular Hbond substituents is 2. The predicted molar refractivity (Wildman–Crippen MR) is 138 cm³/mol. The number of aromatic nitrogens is 1. The van der Waals surface area contributed by atoms with Gasteiger partial charge in [-0.1, -0.05) is 12.1 Å². The molecular weight excluding hydrogens is 490 g/mol. The van der Waals surface area contributed by atoms with E-state index in [1.54, 1.807) is 37.4 Å². The van der Waals surface area contributed by atoms with Gasteiger partial charge in [0.25, 0.3) is 0 Å². The zero-order chi connectivity index (χ0) is 27.7. The number of esters is 1. The molecule has 1 aliphatic heterocycles. The number of aryl methyl sites for hydroxylation is 1. The number of hydrogen-bond donors (Lipinski definition) is 3. The van der Waals surface area contributed by atoms with E-state index in [2.05, 4.69) is 4.98 Å². The Morgan fingerprint density at radius 1 is 1.11 bits per heavy atom. The van der Waals surface area contributed by atoms with E-state index in [1.165, 1.54) is 20.1 Å². The minimum Gasteiger partial charge on any atom is -0.507 e. The Hall–Kier alpha value is -4.11. The molecule has 4 rings (SSSR count). The molecule has 3 aromatic rings. The second-order valence-corrected chi connectivity index (χ2v) is 9.57. The summed E-state index contributed by atoms with van der Waals surface area (Å²) in [4.78, 5) is 29.2. The zero-order valence-corrected chi connectivity index (χ0v) is 21.9. The number of methoxy groups -OCH3 is 1. The van der Waals surface area contributed by atoms with Crippen molar-refractivity contribution in [3.63, 3.8) is 0 Å². The fourth-order valence-electron chi connectivity index (χ4n) is 4.75. The Morgan fingerprint density at radius 3 is 2.39 bits per heavy atom. The summed E-state index contributed by atoms with van der Waals surface area (Å²) in [5.41, 5.74) is 2.15. The third kappa shape index (κ3) is 5.02. The van der Waals surface area contributed by atoms with Crippen molar-refractivity contribution in [2.45, 2.75) is 58.8 Å². The van der Waals surface area contributed by atoms with Gasteiger partial charge in [0.2, 0.25) is 0 Å². The van der Waals surface area contributed by atoms with Gasteiger partial charge >= 0.3 is 5.97 Å². The number of nitrogens with zero attached hydrogens (tertiary/aromatic N) is 1. The van der Waals surface area contributed by atoms with Crippen molar-refractivity contribution in [2.75, 3.05) is 7.11 Å². The number of ether oxygens (including phenoxy) is 3. The third-order valence-electron chi connectivity index (χ3n) is 6.63. The van der Waals surface area contributed by atoms with Crippen LogP contribution in [0.25, 0.3) is 0 Å². The average Bonchev–Trinajstić information content (AvgIpc) is 3.30. The van der Waals surface area contributed by atoms with Crippen LogP contribution < -0.4 is 4.74 Å². The molecule has 9 heteroatoms. The van der Waals surface area contributed by atoms with Crippen LogP contribution in [0.2, 0.25) is 0 Å². The maximum absolute atomic E-state index is 12.6. The van der Waals surface area contributed by atoms with Crippen LogP contribution in [0, 0.1) is 6.92 Å². The van der Waals surface area contributed by atoms with Gasteiger partial charge in [-0.2, -0.15) is 0 Å². The van der Waals surface area contributed by atoms with Crippen LogP contribution in [-0.2, 0) is 20.9 Å². The maximum atomic E-state index is 12.6. The molecule has 2 aromatic carbocycles. The monoisotopic (exact) mass is 521 g/mol. The second kappa shape index (κ2) is 10.7. The van der Waals surface area contributed by atoms with Crippen molar-refractivity contribution in [3.8, 4) is 23.0 Å². The first-order valence-electron chi connectivity index (χ1n) is 12.2. The van der Waals surface area contributed by atoms with E-state index < -0.39 is 29.5 Å². The van der Waals surface area contributed by atoms with Gasteiger partial charge in [0.1, 0.15) is 29.1 Å².